The summed E-state index contributed by atoms with van der Waals surface area (Å²) >= 11 is 1.41. The Kier molecular flexibility index (Phi) is 4.85. The summed E-state index contributed by atoms with van der Waals surface area (Å²) in [5, 5.41) is 2.51. The molecule has 1 atom stereocenters. The summed E-state index contributed by atoms with van der Waals surface area (Å²) in [6.45, 7) is 2.81. The number of rotatable bonds is 5. The van der Waals surface area contributed by atoms with Gasteiger partial charge in [-0.25, -0.2) is 4.98 Å². The molecule has 1 unspecified atom stereocenters. The minimum Gasteiger partial charge on any atom is -0.383 e. The van der Waals surface area contributed by atoms with Crippen molar-refractivity contribution in [2.75, 3.05) is 20.8 Å². The van der Waals surface area contributed by atoms with Gasteiger partial charge in [-0.05, 0) is 6.92 Å². The van der Waals surface area contributed by atoms with Crippen molar-refractivity contribution >= 4 is 17.2 Å². The Morgan fingerprint density at radius 3 is 2.94 bits per heavy atom. The van der Waals surface area contributed by atoms with Gasteiger partial charge in [0.25, 0.3) is 5.91 Å². The van der Waals surface area contributed by atoms with Crippen LogP contribution in [0.3, 0.4) is 0 Å². The van der Waals surface area contributed by atoms with E-state index < -0.39 is 0 Å². The van der Waals surface area contributed by atoms with Crippen LogP contribution in [0.1, 0.15) is 22.4 Å². The van der Waals surface area contributed by atoms with Crippen molar-refractivity contribution in [1.29, 1.82) is 0 Å². The minimum atomic E-state index is -0.0968. The number of carbonyl (C=O) groups excluding carboxylic acids is 1. The van der Waals surface area contributed by atoms with Crippen LogP contribution in [-0.4, -0.2) is 42.6 Å². The predicted molar refractivity (Wildman–Crippen MR) is 63.4 cm³/mol. The maximum Gasteiger partial charge on any atom is 0.273 e. The van der Waals surface area contributed by atoms with Gasteiger partial charge in [0.15, 0.2) is 0 Å². The summed E-state index contributed by atoms with van der Waals surface area (Å²) in [5.74, 6) is -0.0968. The van der Waals surface area contributed by atoms with E-state index in [0.717, 1.165) is 5.01 Å². The zero-order valence-electron chi connectivity index (χ0n) is 9.77. The fraction of sp³-hybridized carbons (Fsp3) is 0.600. The molecule has 5 nitrogen and oxygen atoms in total. The van der Waals surface area contributed by atoms with Gasteiger partial charge in [-0.2, -0.15) is 0 Å². The Balaban J connectivity index is 2.69. The van der Waals surface area contributed by atoms with Crippen molar-refractivity contribution in [3.05, 3.63) is 16.1 Å². The molecule has 0 bridgehead atoms. The largest absolute Gasteiger partial charge is 0.383 e. The van der Waals surface area contributed by atoms with Gasteiger partial charge < -0.3 is 15.4 Å². The number of nitrogens with zero attached hydrogens (tertiary/aromatic N) is 2. The normalized spacial score (nSPS) is 12.5. The van der Waals surface area contributed by atoms with Crippen molar-refractivity contribution in [3.63, 3.8) is 0 Å². The third-order valence-corrected chi connectivity index (χ3v) is 3.21. The molecular formula is C10H17N3O2S. The van der Waals surface area contributed by atoms with Crippen molar-refractivity contribution in [2.45, 2.75) is 19.5 Å². The van der Waals surface area contributed by atoms with Crippen LogP contribution in [0.15, 0.2) is 5.38 Å². The number of hydrogen-bond acceptors (Lipinski definition) is 5. The standard InChI is InChI=1S/C10H17N3O2S/c1-7(5-15-3)13(2)10(14)8-6-16-9(4-11)12-8/h6-7H,4-5,11H2,1-3H3. The van der Waals surface area contributed by atoms with Crippen LogP contribution in [0.25, 0.3) is 0 Å². The van der Waals surface area contributed by atoms with Gasteiger partial charge in [0.2, 0.25) is 0 Å². The Morgan fingerprint density at radius 1 is 1.75 bits per heavy atom. The fourth-order valence-corrected chi connectivity index (χ4v) is 1.89. The Bertz CT molecular complexity index is 354. The number of likely N-dealkylation sites (N-methyl/N-ethyl adjacent to an activating group) is 1. The van der Waals surface area contributed by atoms with Gasteiger partial charge in [0, 0.05) is 26.1 Å². The monoisotopic (exact) mass is 243 g/mol. The van der Waals surface area contributed by atoms with Gasteiger partial charge in [-0.15, -0.1) is 11.3 Å². The van der Waals surface area contributed by atoms with Crippen LogP contribution in [0.2, 0.25) is 0 Å². The Labute approximate surface area is 99.2 Å². The van der Waals surface area contributed by atoms with Crippen LogP contribution in [0.5, 0.6) is 0 Å². The van der Waals surface area contributed by atoms with E-state index in [-0.39, 0.29) is 11.9 Å². The first-order valence-electron chi connectivity index (χ1n) is 5.00. The quantitative estimate of drug-likeness (QED) is 0.827. The zero-order valence-corrected chi connectivity index (χ0v) is 10.6. The molecule has 0 spiro atoms. The van der Waals surface area contributed by atoms with E-state index in [4.69, 9.17) is 10.5 Å². The van der Waals surface area contributed by atoms with E-state index in [1.54, 1.807) is 24.4 Å². The van der Waals surface area contributed by atoms with Gasteiger partial charge in [0.05, 0.1) is 12.6 Å². The number of methoxy groups -OCH3 is 1. The highest BCUT2D eigenvalue weighted by molar-refractivity contribution is 7.09. The number of amides is 1. The molecule has 2 N–H and O–H groups in total. The van der Waals surface area contributed by atoms with Crippen molar-refractivity contribution < 1.29 is 9.53 Å². The average Bonchev–Trinajstić information content (AvgIpc) is 2.75. The van der Waals surface area contributed by atoms with E-state index in [9.17, 15) is 4.79 Å². The van der Waals surface area contributed by atoms with Crippen LogP contribution >= 0.6 is 11.3 Å². The molecule has 0 aliphatic rings. The second-order valence-corrected chi connectivity index (χ2v) is 4.49. The maximum atomic E-state index is 12.0. The lowest BCUT2D eigenvalue weighted by atomic mass is 10.3. The smallest absolute Gasteiger partial charge is 0.273 e. The second kappa shape index (κ2) is 5.93. The van der Waals surface area contributed by atoms with Crippen LogP contribution in [0.4, 0.5) is 0 Å². The van der Waals surface area contributed by atoms with Crippen LogP contribution in [0, 0.1) is 0 Å². The minimum absolute atomic E-state index is 0.0283. The molecule has 0 fully saturated rings. The Morgan fingerprint density at radius 2 is 2.44 bits per heavy atom. The molecule has 6 heteroatoms. The lowest BCUT2D eigenvalue weighted by Gasteiger charge is -2.23. The Hall–Kier alpha value is -0.980. The summed E-state index contributed by atoms with van der Waals surface area (Å²) in [7, 11) is 3.36. The third kappa shape index (κ3) is 3.01. The van der Waals surface area contributed by atoms with Crippen molar-refractivity contribution in [1.82, 2.24) is 9.88 Å². The summed E-state index contributed by atoms with van der Waals surface area (Å²) in [6, 6.07) is 0.0283. The molecule has 1 heterocycles. The first-order chi connectivity index (χ1) is 7.60. The topological polar surface area (TPSA) is 68.5 Å². The molecule has 16 heavy (non-hydrogen) atoms. The highest BCUT2D eigenvalue weighted by Gasteiger charge is 2.19. The fourth-order valence-electron chi connectivity index (χ4n) is 1.24. The predicted octanol–water partition coefficient (Wildman–Crippen LogP) is 0.709. The molecule has 1 aromatic rings. The molecule has 1 aromatic heterocycles. The zero-order chi connectivity index (χ0) is 12.1. The molecule has 0 saturated carbocycles. The van der Waals surface area contributed by atoms with E-state index in [1.165, 1.54) is 11.3 Å². The third-order valence-electron chi connectivity index (χ3n) is 2.33. The lowest BCUT2D eigenvalue weighted by Crippen LogP contribution is -2.38. The number of nitrogens with two attached hydrogens (primary N) is 1. The van der Waals surface area contributed by atoms with Crippen LogP contribution < -0.4 is 5.73 Å². The summed E-state index contributed by atoms with van der Waals surface area (Å²) in [5.41, 5.74) is 5.90. The van der Waals surface area contributed by atoms with Gasteiger partial charge in [0.1, 0.15) is 10.7 Å². The van der Waals surface area contributed by atoms with E-state index >= 15 is 0 Å². The number of ether oxygens (including phenoxy) is 1. The summed E-state index contributed by atoms with van der Waals surface area (Å²) < 4.78 is 5.01. The number of hydrogen-bond donors (Lipinski definition) is 1. The maximum absolute atomic E-state index is 12.0. The molecule has 0 aliphatic carbocycles. The van der Waals surface area contributed by atoms with Crippen molar-refractivity contribution in [3.8, 4) is 0 Å². The SMILES string of the molecule is COCC(C)N(C)C(=O)c1csc(CN)n1. The van der Waals surface area contributed by atoms with Crippen molar-refractivity contribution in [2.24, 2.45) is 5.73 Å². The van der Waals surface area contributed by atoms with Gasteiger partial charge >= 0.3 is 0 Å². The molecule has 0 radical (unpaired) electrons. The van der Waals surface area contributed by atoms with Gasteiger partial charge in [-0.3, -0.25) is 4.79 Å². The lowest BCUT2D eigenvalue weighted by molar-refractivity contribution is 0.0628. The summed E-state index contributed by atoms with van der Waals surface area (Å²) in [4.78, 5) is 17.7. The van der Waals surface area contributed by atoms with Gasteiger partial charge in [-0.1, -0.05) is 0 Å². The van der Waals surface area contributed by atoms with E-state index in [0.29, 0.717) is 18.8 Å². The molecule has 0 aromatic carbocycles. The molecule has 1 rings (SSSR count). The number of thiazole rings is 1. The first-order valence-corrected chi connectivity index (χ1v) is 5.88. The highest BCUT2D eigenvalue weighted by atomic mass is 32.1. The first kappa shape index (κ1) is 13.1. The molecule has 0 aliphatic heterocycles. The summed E-state index contributed by atoms with van der Waals surface area (Å²) in [6.07, 6.45) is 0. The number of aromatic nitrogens is 1. The molecule has 0 saturated heterocycles. The molecular weight excluding hydrogens is 226 g/mol. The second-order valence-electron chi connectivity index (χ2n) is 3.55. The van der Waals surface area contributed by atoms with Crippen LogP contribution in [-0.2, 0) is 11.3 Å². The average molecular weight is 243 g/mol. The highest BCUT2D eigenvalue weighted by Crippen LogP contribution is 2.12. The van der Waals surface area contributed by atoms with E-state index in [2.05, 4.69) is 4.98 Å². The molecule has 1 amide bonds. The number of carbonyl (C=O) groups is 1. The molecule has 90 valence electrons. The van der Waals surface area contributed by atoms with E-state index in [1.807, 2.05) is 6.92 Å².